The molecule has 2 aliphatic heterocycles. The summed E-state index contributed by atoms with van der Waals surface area (Å²) >= 11 is 0. The fourth-order valence-electron chi connectivity index (χ4n) is 3.85. The van der Waals surface area contributed by atoms with E-state index >= 15 is 0 Å². The third-order valence-electron chi connectivity index (χ3n) is 5.90. The number of amidine groups is 1. The van der Waals surface area contributed by atoms with Crippen molar-refractivity contribution in [1.82, 2.24) is 20.6 Å². The number of carbonyl (C=O) groups excluding carboxylic acids is 1. The van der Waals surface area contributed by atoms with Crippen molar-refractivity contribution in [2.45, 2.75) is 25.0 Å². The highest BCUT2D eigenvalue weighted by Gasteiger charge is 2.33. The first kappa shape index (κ1) is 28.2. The Hall–Kier alpha value is -3.85. The Kier molecular flexibility index (Phi) is 8.91. The molecule has 2 atom stereocenters. The monoisotopic (exact) mass is 558 g/mol. The summed E-state index contributed by atoms with van der Waals surface area (Å²) in [6.45, 7) is 7.60. The molecule has 0 radical (unpaired) electrons. The van der Waals surface area contributed by atoms with Crippen LogP contribution in [-0.2, 0) is 25.1 Å². The maximum atomic E-state index is 12.9. The van der Waals surface area contributed by atoms with Crippen molar-refractivity contribution < 1.29 is 33.2 Å². The van der Waals surface area contributed by atoms with Gasteiger partial charge in [-0.15, -0.1) is 0 Å². The van der Waals surface area contributed by atoms with Crippen molar-refractivity contribution in [2.24, 2.45) is 0 Å². The number of nitrogens with zero attached hydrogens (tertiary/aromatic N) is 3. The average Bonchev–Trinajstić information content (AvgIpc) is 3.58. The van der Waals surface area contributed by atoms with Gasteiger partial charge in [-0.2, -0.15) is 5.32 Å². The number of hydrogen-bond acceptors (Lipinski definition) is 10. The first-order chi connectivity index (χ1) is 18.6. The van der Waals surface area contributed by atoms with E-state index in [4.69, 9.17) is 20.0 Å². The highest BCUT2D eigenvalue weighted by atomic mass is 32.2. The lowest BCUT2D eigenvalue weighted by Crippen LogP contribution is -2.50. The molecule has 4 rings (SSSR count). The molecule has 1 aromatic heterocycles. The predicted molar refractivity (Wildman–Crippen MR) is 145 cm³/mol. The summed E-state index contributed by atoms with van der Waals surface area (Å²) in [7, 11) is -3.48. The largest absolute Gasteiger partial charge is 0.515 e. The van der Waals surface area contributed by atoms with Crippen molar-refractivity contribution >= 4 is 33.2 Å². The number of nitrogens with two attached hydrogens (primary N) is 1. The molecule has 2 aliphatic rings. The van der Waals surface area contributed by atoms with E-state index in [1.165, 1.54) is 0 Å². The average molecular weight is 559 g/mol. The number of aliphatic hydroxyl groups excluding tert-OH is 1. The van der Waals surface area contributed by atoms with Gasteiger partial charge in [0, 0.05) is 36.1 Å². The van der Waals surface area contributed by atoms with Crippen molar-refractivity contribution in [1.29, 1.82) is 0 Å². The lowest BCUT2D eigenvalue weighted by molar-refractivity contribution is -0.115. The van der Waals surface area contributed by atoms with E-state index in [2.05, 4.69) is 32.5 Å². The Morgan fingerprint density at radius 2 is 2.05 bits per heavy atom. The third-order valence-corrected chi connectivity index (χ3v) is 7.46. The third kappa shape index (κ3) is 8.07. The highest BCUT2D eigenvalue weighted by Crippen LogP contribution is 2.26. The second-order valence-corrected chi connectivity index (χ2v) is 11.2. The van der Waals surface area contributed by atoms with E-state index in [0.29, 0.717) is 60.3 Å². The maximum absolute atomic E-state index is 12.9. The zero-order valence-electron chi connectivity index (χ0n) is 21.5. The summed E-state index contributed by atoms with van der Waals surface area (Å²) < 4.78 is 36.5. The minimum atomic E-state index is -3.48. The summed E-state index contributed by atoms with van der Waals surface area (Å²) in [5.41, 5.74) is 2.16. The number of nitrogens with one attached hydrogen (secondary N) is 3. The standard InChI is InChI=1S/C25H31N7O6S/c1-16-14-37-11-9-32(16)22-13-20(15-39(35,36)12-8-27-24-17(2)38-24)28-23(31-22)18-3-5-19(6-4-18)29-25(34)30-21(26)7-10-33/h3-7,10,13,17,24,27,33H,1,8-9,11-12,14-15H2,2H3,(H3,26,29,30,34)/p+1/b10-7-. The van der Waals surface area contributed by atoms with Crippen molar-refractivity contribution in [2.75, 3.05) is 42.3 Å². The van der Waals surface area contributed by atoms with Gasteiger partial charge in [-0.05, 0) is 31.2 Å². The van der Waals surface area contributed by atoms with Crippen LogP contribution in [0.25, 0.3) is 11.4 Å². The molecule has 0 bridgehead atoms. The molecule has 2 amide bonds. The fraction of sp³-hybridized carbons (Fsp3) is 0.360. The summed E-state index contributed by atoms with van der Waals surface area (Å²) in [5, 5.41) is 22.3. The van der Waals surface area contributed by atoms with E-state index < -0.39 is 15.9 Å². The number of sulfone groups is 1. The lowest BCUT2D eigenvalue weighted by atomic mass is 10.2. The number of hydrogen-bond donors (Lipinski definition) is 5. The smallest absolute Gasteiger partial charge is 0.411 e. The number of epoxide rings is 1. The van der Waals surface area contributed by atoms with Crippen LogP contribution in [0.5, 0.6) is 0 Å². The molecule has 0 spiro atoms. The molecule has 0 saturated carbocycles. The van der Waals surface area contributed by atoms with Gasteiger partial charge in [-0.1, -0.05) is 6.58 Å². The Labute approximate surface area is 226 Å². The summed E-state index contributed by atoms with van der Waals surface area (Å²) in [6.07, 6.45) is 1.84. The summed E-state index contributed by atoms with van der Waals surface area (Å²) in [4.78, 5) is 23.2. The molecule has 6 N–H and O–H groups in total. The van der Waals surface area contributed by atoms with Gasteiger partial charge in [0.15, 0.2) is 15.7 Å². The molecular formula is C25H32N7O6S+. The number of morpholine rings is 1. The number of aromatic nitrogens is 2. The second kappa shape index (κ2) is 12.3. The van der Waals surface area contributed by atoms with Crippen molar-refractivity contribution in [3.05, 3.63) is 60.6 Å². The number of anilines is 2. The van der Waals surface area contributed by atoms with Gasteiger partial charge in [-0.25, -0.2) is 23.2 Å². The zero-order valence-corrected chi connectivity index (χ0v) is 22.3. The number of urea groups is 1. The summed E-state index contributed by atoms with van der Waals surface area (Å²) in [6, 6.07) is 7.80. The molecule has 2 fully saturated rings. The van der Waals surface area contributed by atoms with Gasteiger partial charge in [0.2, 0.25) is 0 Å². The van der Waals surface area contributed by atoms with Gasteiger partial charge >= 0.3 is 6.03 Å². The SMILES string of the molecule is C=C1COCCN1c1cc(CS(=O)(=O)CCNC2OC2C)nc(-c2ccc(NC(=O)NC(=[NH2+])/C=C\O)cc2)n1. The maximum Gasteiger partial charge on any atom is 0.411 e. The van der Waals surface area contributed by atoms with E-state index in [1.807, 2.05) is 11.8 Å². The molecule has 1 aromatic carbocycles. The quantitative estimate of drug-likeness (QED) is 0.116. The van der Waals surface area contributed by atoms with Gasteiger partial charge < -0.3 is 19.5 Å². The fourth-order valence-corrected chi connectivity index (χ4v) is 5.03. The van der Waals surface area contributed by atoms with Crippen LogP contribution in [0.2, 0.25) is 0 Å². The molecule has 208 valence electrons. The van der Waals surface area contributed by atoms with Crippen molar-refractivity contribution in [3.8, 4) is 11.4 Å². The van der Waals surface area contributed by atoms with Gasteiger partial charge in [0.25, 0.3) is 5.84 Å². The molecule has 2 saturated heterocycles. The Balaban J connectivity index is 1.53. The molecular weight excluding hydrogens is 526 g/mol. The van der Waals surface area contributed by atoms with Crippen LogP contribution >= 0.6 is 0 Å². The molecule has 2 aromatic rings. The second-order valence-electron chi connectivity index (χ2n) is 9.05. The molecule has 39 heavy (non-hydrogen) atoms. The Morgan fingerprint density at radius 1 is 1.31 bits per heavy atom. The number of carbonyl (C=O) groups is 1. The molecule has 13 nitrogen and oxygen atoms in total. The van der Waals surface area contributed by atoms with Gasteiger partial charge in [-0.3, -0.25) is 16.0 Å². The first-order valence-corrected chi connectivity index (χ1v) is 14.1. The van der Waals surface area contributed by atoms with Gasteiger partial charge in [0.1, 0.15) is 12.0 Å². The highest BCUT2D eigenvalue weighted by molar-refractivity contribution is 7.90. The number of aliphatic hydroxyl groups is 1. The Morgan fingerprint density at radius 3 is 2.72 bits per heavy atom. The van der Waals surface area contributed by atoms with Crippen LogP contribution in [-0.4, -0.2) is 79.7 Å². The topological polar surface area (TPSA) is 184 Å². The molecule has 2 unspecified atom stereocenters. The molecule has 0 aliphatic carbocycles. The van der Waals surface area contributed by atoms with E-state index in [-0.39, 0.29) is 36.2 Å². The number of amides is 2. The summed E-state index contributed by atoms with van der Waals surface area (Å²) in [5.74, 6) is 0.514. The van der Waals surface area contributed by atoms with Crippen LogP contribution in [0, 0.1) is 0 Å². The van der Waals surface area contributed by atoms with Crippen LogP contribution < -0.4 is 26.3 Å². The van der Waals surface area contributed by atoms with Crippen LogP contribution in [0.15, 0.2) is 54.9 Å². The molecule has 14 heteroatoms. The normalized spacial score (nSPS) is 19.2. The zero-order chi connectivity index (χ0) is 28.0. The van der Waals surface area contributed by atoms with Gasteiger partial charge in [0.05, 0.1) is 48.9 Å². The number of ether oxygens (including phenoxy) is 2. The van der Waals surface area contributed by atoms with E-state index in [1.54, 1.807) is 30.3 Å². The predicted octanol–water partition coefficient (Wildman–Crippen LogP) is 0.0939. The number of benzene rings is 1. The van der Waals surface area contributed by atoms with Crippen LogP contribution in [0.1, 0.15) is 12.6 Å². The van der Waals surface area contributed by atoms with Crippen LogP contribution in [0.3, 0.4) is 0 Å². The lowest BCUT2D eigenvalue weighted by Gasteiger charge is -2.30. The minimum absolute atomic E-state index is 0.0322. The van der Waals surface area contributed by atoms with Crippen molar-refractivity contribution in [3.63, 3.8) is 0 Å². The van der Waals surface area contributed by atoms with E-state index in [9.17, 15) is 13.2 Å². The molecule has 3 heterocycles. The van der Waals surface area contributed by atoms with E-state index in [0.717, 1.165) is 6.08 Å². The van der Waals surface area contributed by atoms with Crippen LogP contribution in [0.4, 0.5) is 16.3 Å². The Bertz CT molecular complexity index is 1360. The minimum Gasteiger partial charge on any atom is -0.515 e. The first-order valence-electron chi connectivity index (χ1n) is 12.3. The number of rotatable bonds is 10.